The highest BCUT2D eigenvalue weighted by atomic mass is 35.5. The van der Waals surface area contributed by atoms with Crippen LogP contribution in [0.3, 0.4) is 0 Å². The Labute approximate surface area is 110 Å². The maximum absolute atomic E-state index is 11.5. The molecule has 0 heterocycles. The van der Waals surface area contributed by atoms with Crippen molar-refractivity contribution in [1.82, 2.24) is 0 Å². The summed E-state index contributed by atoms with van der Waals surface area (Å²) in [5.41, 5.74) is 5.49. The van der Waals surface area contributed by atoms with Crippen LogP contribution < -0.4 is 16.2 Å². The van der Waals surface area contributed by atoms with E-state index in [0.29, 0.717) is 13.0 Å². The van der Waals surface area contributed by atoms with Gasteiger partial charge in [0.15, 0.2) is 0 Å². The fourth-order valence-electron chi connectivity index (χ4n) is 1.25. The SMILES string of the molecule is NCCCC(=O)Nc1cc(S(N)(=O)=O)ccc1Cl. The van der Waals surface area contributed by atoms with E-state index in [1.54, 1.807) is 0 Å². The molecule has 0 spiro atoms. The van der Waals surface area contributed by atoms with Gasteiger partial charge in [-0.1, -0.05) is 11.6 Å². The molecule has 0 unspecified atom stereocenters. The molecule has 8 heteroatoms. The second-order valence-electron chi connectivity index (χ2n) is 3.63. The van der Waals surface area contributed by atoms with Crippen LogP contribution in [-0.4, -0.2) is 20.9 Å². The third-order valence-electron chi connectivity index (χ3n) is 2.15. The van der Waals surface area contributed by atoms with Crippen LogP contribution in [-0.2, 0) is 14.8 Å². The Kier molecular flexibility index (Phi) is 5.09. The maximum atomic E-state index is 11.5. The fraction of sp³-hybridized carbons (Fsp3) is 0.300. The highest BCUT2D eigenvalue weighted by Gasteiger charge is 2.12. The van der Waals surface area contributed by atoms with Gasteiger partial charge < -0.3 is 11.1 Å². The van der Waals surface area contributed by atoms with Gasteiger partial charge in [0, 0.05) is 6.42 Å². The number of rotatable bonds is 5. The molecule has 6 nitrogen and oxygen atoms in total. The molecule has 0 atom stereocenters. The van der Waals surface area contributed by atoms with E-state index < -0.39 is 10.0 Å². The number of amides is 1. The van der Waals surface area contributed by atoms with E-state index in [9.17, 15) is 13.2 Å². The fourth-order valence-corrected chi connectivity index (χ4v) is 1.96. The van der Waals surface area contributed by atoms with Crippen LogP contribution in [0, 0.1) is 0 Å². The minimum absolute atomic E-state index is 0.110. The van der Waals surface area contributed by atoms with Gasteiger partial charge in [-0.3, -0.25) is 4.79 Å². The number of hydrogen-bond acceptors (Lipinski definition) is 4. The second-order valence-corrected chi connectivity index (χ2v) is 5.60. The van der Waals surface area contributed by atoms with Gasteiger partial charge in [-0.15, -0.1) is 0 Å². The summed E-state index contributed by atoms with van der Waals surface area (Å²) in [6.45, 7) is 0.401. The Morgan fingerprint density at radius 2 is 2.06 bits per heavy atom. The first-order valence-corrected chi connectivity index (χ1v) is 7.09. The number of anilines is 1. The summed E-state index contributed by atoms with van der Waals surface area (Å²) in [5, 5.41) is 7.74. The molecular formula is C10H14ClN3O3S. The van der Waals surface area contributed by atoms with Crippen molar-refractivity contribution in [1.29, 1.82) is 0 Å². The van der Waals surface area contributed by atoms with Crippen molar-refractivity contribution in [2.24, 2.45) is 10.9 Å². The minimum atomic E-state index is -3.82. The quantitative estimate of drug-likeness (QED) is 0.739. The summed E-state index contributed by atoms with van der Waals surface area (Å²) in [6.07, 6.45) is 0.783. The van der Waals surface area contributed by atoms with Crippen LogP contribution in [0.2, 0.25) is 5.02 Å². The standard InChI is InChI=1S/C10H14ClN3O3S/c11-8-4-3-7(18(13,16)17)6-9(8)14-10(15)2-1-5-12/h3-4,6H,1-2,5,12H2,(H,14,15)(H2,13,16,17). The number of hydrogen-bond donors (Lipinski definition) is 3. The maximum Gasteiger partial charge on any atom is 0.238 e. The summed E-state index contributed by atoms with van der Waals surface area (Å²) in [6, 6.07) is 3.85. The van der Waals surface area contributed by atoms with Crippen molar-refractivity contribution in [2.75, 3.05) is 11.9 Å². The first-order chi connectivity index (χ1) is 8.34. The van der Waals surface area contributed by atoms with Gasteiger partial charge in [-0.05, 0) is 31.2 Å². The Hall–Kier alpha value is -1.15. The van der Waals surface area contributed by atoms with Crippen LogP contribution in [0.25, 0.3) is 0 Å². The molecule has 0 aliphatic rings. The predicted octanol–water partition coefficient (Wildman–Crippen LogP) is 0.665. The second kappa shape index (κ2) is 6.14. The van der Waals surface area contributed by atoms with Crippen LogP contribution in [0.5, 0.6) is 0 Å². The zero-order chi connectivity index (χ0) is 13.8. The van der Waals surface area contributed by atoms with E-state index in [4.69, 9.17) is 22.5 Å². The number of sulfonamides is 1. The Bertz CT molecular complexity index is 545. The molecular weight excluding hydrogens is 278 g/mol. The molecule has 0 radical (unpaired) electrons. The number of nitrogens with one attached hydrogen (secondary N) is 1. The van der Waals surface area contributed by atoms with E-state index in [1.807, 2.05) is 0 Å². The van der Waals surface area contributed by atoms with Crippen molar-refractivity contribution >= 4 is 33.2 Å². The van der Waals surface area contributed by atoms with Crippen LogP contribution in [0.15, 0.2) is 23.1 Å². The molecule has 1 aromatic carbocycles. The lowest BCUT2D eigenvalue weighted by Gasteiger charge is -2.08. The summed E-state index contributed by atoms with van der Waals surface area (Å²) in [4.78, 5) is 11.4. The number of primary sulfonamides is 1. The summed E-state index contributed by atoms with van der Waals surface area (Å²) >= 11 is 5.85. The van der Waals surface area contributed by atoms with Crippen molar-refractivity contribution < 1.29 is 13.2 Å². The van der Waals surface area contributed by atoms with Gasteiger partial charge in [-0.25, -0.2) is 13.6 Å². The van der Waals surface area contributed by atoms with Gasteiger partial charge in [0.2, 0.25) is 15.9 Å². The van der Waals surface area contributed by atoms with E-state index in [0.717, 1.165) is 0 Å². The highest BCUT2D eigenvalue weighted by Crippen LogP contribution is 2.24. The number of nitrogens with two attached hydrogens (primary N) is 2. The molecule has 1 amide bonds. The lowest BCUT2D eigenvalue weighted by molar-refractivity contribution is -0.116. The van der Waals surface area contributed by atoms with Gasteiger partial charge >= 0.3 is 0 Å². The zero-order valence-corrected chi connectivity index (χ0v) is 11.1. The number of benzene rings is 1. The van der Waals surface area contributed by atoms with Gasteiger partial charge in [-0.2, -0.15) is 0 Å². The molecule has 100 valence electrons. The van der Waals surface area contributed by atoms with Crippen molar-refractivity contribution in [3.63, 3.8) is 0 Å². The molecule has 0 saturated heterocycles. The molecule has 0 aliphatic heterocycles. The van der Waals surface area contributed by atoms with Gasteiger partial charge in [0.1, 0.15) is 0 Å². The van der Waals surface area contributed by atoms with Gasteiger partial charge in [0.25, 0.3) is 0 Å². The third kappa shape index (κ3) is 4.26. The van der Waals surface area contributed by atoms with Crippen LogP contribution in [0.4, 0.5) is 5.69 Å². The first-order valence-electron chi connectivity index (χ1n) is 5.17. The van der Waals surface area contributed by atoms with Crippen molar-refractivity contribution in [3.8, 4) is 0 Å². The summed E-state index contributed by atoms with van der Waals surface area (Å²) in [5.74, 6) is -0.283. The normalized spacial score (nSPS) is 11.3. The average Bonchev–Trinajstić information content (AvgIpc) is 2.28. The minimum Gasteiger partial charge on any atom is -0.330 e. The predicted molar refractivity (Wildman–Crippen MR) is 69.7 cm³/mol. The van der Waals surface area contributed by atoms with Crippen LogP contribution in [0.1, 0.15) is 12.8 Å². The number of halogens is 1. The Balaban J connectivity index is 2.92. The summed E-state index contributed by atoms with van der Waals surface area (Å²) < 4.78 is 22.3. The molecule has 1 rings (SSSR count). The Morgan fingerprint density at radius 3 is 2.61 bits per heavy atom. The molecule has 1 aromatic rings. The topological polar surface area (TPSA) is 115 Å². The van der Waals surface area contributed by atoms with Crippen LogP contribution >= 0.6 is 11.6 Å². The van der Waals surface area contributed by atoms with Crippen molar-refractivity contribution in [3.05, 3.63) is 23.2 Å². The molecule has 0 saturated carbocycles. The van der Waals surface area contributed by atoms with E-state index in [-0.39, 0.29) is 27.9 Å². The molecule has 0 aliphatic carbocycles. The van der Waals surface area contributed by atoms with E-state index in [1.165, 1.54) is 18.2 Å². The number of carbonyl (C=O) groups excluding carboxylic acids is 1. The molecule has 0 fully saturated rings. The highest BCUT2D eigenvalue weighted by molar-refractivity contribution is 7.89. The largest absolute Gasteiger partial charge is 0.330 e. The van der Waals surface area contributed by atoms with Gasteiger partial charge in [0.05, 0.1) is 15.6 Å². The molecule has 18 heavy (non-hydrogen) atoms. The molecule has 5 N–H and O–H groups in total. The zero-order valence-electron chi connectivity index (χ0n) is 9.52. The van der Waals surface area contributed by atoms with E-state index in [2.05, 4.69) is 5.32 Å². The van der Waals surface area contributed by atoms with E-state index >= 15 is 0 Å². The van der Waals surface area contributed by atoms with Crippen molar-refractivity contribution in [2.45, 2.75) is 17.7 Å². The third-order valence-corrected chi connectivity index (χ3v) is 3.39. The summed E-state index contributed by atoms with van der Waals surface area (Å²) in [7, 11) is -3.82. The first kappa shape index (κ1) is 14.9. The molecule has 0 bridgehead atoms. The smallest absolute Gasteiger partial charge is 0.238 e. The lowest BCUT2D eigenvalue weighted by Crippen LogP contribution is -2.15. The number of carbonyl (C=O) groups is 1. The lowest BCUT2D eigenvalue weighted by atomic mass is 10.2. The molecule has 0 aromatic heterocycles. The monoisotopic (exact) mass is 291 g/mol. The Morgan fingerprint density at radius 1 is 1.39 bits per heavy atom. The average molecular weight is 292 g/mol.